The number of benzene rings is 1. The maximum Gasteiger partial charge on any atom is 0.127 e. The Morgan fingerprint density at radius 1 is 1.39 bits per heavy atom. The van der Waals surface area contributed by atoms with E-state index in [1.54, 1.807) is 11.3 Å². The summed E-state index contributed by atoms with van der Waals surface area (Å²) in [5, 5.41) is 7.90. The molecule has 2 heterocycles. The number of fused-ring (bicyclic) bond motifs is 1. The molecule has 1 aliphatic heterocycles. The lowest BCUT2D eigenvalue weighted by Gasteiger charge is -2.19. The largest absolute Gasteiger partial charge is 0.493 e. The minimum Gasteiger partial charge on any atom is -0.493 e. The average molecular weight is 259 g/mol. The molecular formula is C15H17NOS. The van der Waals surface area contributed by atoms with E-state index in [2.05, 4.69) is 47.3 Å². The van der Waals surface area contributed by atoms with Gasteiger partial charge in [0.15, 0.2) is 0 Å². The highest BCUT2D eigenvalue weighted by atomic mass is 32.1. The minimum atomic E-state index is 0.245. The number of hydrogen-bond donors (Lipinski definition) is 1. The number of rotatable bonds is 4. The van der Waals surface area contributed by atoms with Gasteiger partial charge in [-0.1, -0.05) is 25.1 Å². The molecule has 0 aliphatic carbocycles. The molecule has 3 rings (SSSR count). The third-order valence-electron chi connectivity index (χ3n) is 3.34. The molecule has 0 spiro atoms. The number of ether oxygens (including phenoxy) is 1. The highest BCUT2D eigenvalue weighted by Gasteiger charge is 2.22. The SMILES string of the molecule is CCNC(c1ccsc1)c1cccc2c1OCC2. The van der Waals surface area contributed by atoms with Gasteiger partial charge in [-0.05, 0) is 34.5 Å². The van der Waals surface area contributed by atoms with Gasteiger partial charge in [0.2, 0.25) is 0 Å². The second-order valence-corrected chi connectivity index (χ2v) is 5.26. The predicted molar refractivity (Wildman–Crippen MR) is 75.5 cm³/mol. The molecule has 0 amide bonds. The van der Waals surface area contributed by atoms with Gasteiger partial charge in [0.1, 0.15) is 5.75 Å². The van der Waals surface area contributed by atoms with Gasteiger partial charge < -0.3 is 10.1 Å². The van der Waals surface area contributed by atoms with E-state index in [0.717, 1.165) is 25.3 Å². The first-order chi connectivity index (χ1) is 8.90. The van der Waals surface area contributed by atoms with Crippen LogP contribution >= 0.6 is 11.3 Å². The molecule has 0 fully saturated rings. The molecule has 1 N–H and O–H groups in total. The maximum absolute atomic E-state index is 5.82. The van der Waals surface area contributed by atoms with Crippen molar-refractivity contribution in [3.05, 3.63) is 51.7 Å². The zero-order valence-corrected chi connectivity index (χ0v) is 11.3. The lowest BCUT2D eigenvalue weighted by molar-refractivity contribution is 0.350. The standard InChI is InChI=1S/C15H17NOS/c1-2-16-14(12-7-9-18-10-12)13-5-3-4-11-6-8-17-15(11)13/h3-5,7,9-10,14,16H,2,6,8H2,1H3. The molecule has 18 heavy (non-hydrogen) atoms. The Bertz CT molecular complexity index is 521. The van der Waals surface area contributed by atoms with Crippen LogP contribution in [0.3, 0.4) is 0 Å². The summed E-state index contributed by atoms with van der Waals surface area (Å²) in [5.74, 6) is 1.09. The number of para-hydroxylation sites is 1. The fourth-order valence-corrected chi connectivity index (χ4v) is 3.20. The summed E-state index contributed by atoms with van der Waals surface area (Å²) in [6.07, 6.45) is 1.03. The summed E-state index contributed by atoms with van der Waals surface area (Å²) >= 11 is 1.74. The number of hydrogen-bond acceptors (Lipinski definition) is 3. The fourth-order valence-electron chi connectivity index (χ4n) is 2.52. The Hall–Kier alpha value is -1.32. The van der Waals surface area contributed by atoms with E-state index in [9.17, 15) is 0 Å². The van der Waals surface area contributed by atoms with E-state index in [1.807, 2.05) is 0 Å². The zero-order chi connectivity index (χ0) is 12.4. The monoisotopic (exact) mass is 259 g/mol. The van der Waals surface area contributed by atoms with Crippen molar-refractivity contribution in [2.75, 3.05) is 13.2 Å². The highest BCUT2D eigenvalue weighted by Crippen LogP contribution is 2.36. The van der Waals surface area contributed by atoms with Crippen LogP contribution < -0.4 is 10.1 Å². The van der Waals surface area contributed by atoms with Crippen molar-refractivity contribution >= 4 is 11.3 Å². The molecule has 0 bridgehead atoms. The van der Waals surface area contributed by atoms with E-state index in [-0.39, 0.29) is 6.04 Å². The summed E-state index contributed by atoms with van der Waals surface area (Å²) in [4.78, 5) is 0. The number of thiophene rings is 1. The van der Waals surface area contributed by atoms with Gasteiger partial charge in [0, 0.05) is 12.0 Å². The molecule has 2 aromatic rings. The van der Waals surface area contributed by atoms with Gasteiger partial charge >= 0.3 is 0 Å². The summed E-state index contributed by atoms with van der Waals surface area (Å²) in [5.41, 5.74) is 3.93. The van der Waals surface area contributed by atoms with E-state index >= 15 is 0 Å². The molecule has 1 aromatic heterocycles. The van der Waals surface area contributed by atoms with Crippen molar-refractivity contribution in [2.45, 2.75) is 19.4 Å². The van der Waals surface area contributed by atoms with Gasteiger partial charge in [-0.25, -0.2) is 0 Å². The molecule has 1 aromatic carbocycles. The Morgan fingerprint density at radius 2 is 2.33 bits per heavy atom. The van der Waals surface area contributed by atoms with Crippen molar-refractivity contribution < 1.29 is 4.74 Å². The molecule has 1 atom stereocenters. The minimum absolute atomic E-state index is 0.245. The Kier molecular flexibility index (Phi) is 3.35. The molecule has 94 valence electrons. The summed E-state index contributed by atoms with van der Waals surface area (Å²) in [6.45, 7) is 3.91. The Labute approximate surface area is 112 Å². The molecule has 0 radical (unpaired) electrons. The second kappa shape index (κ2) is 5.12. The van der Waals surface area contributed by atoms with E-state index in [4.69, 9.17) is 4.74 Å². The lowest BCUT2D eigenvalue weighted by atomic mass is 9.97. The fraction of sp³-hybridized carbons (Fsp3) is 0.333. The topological polar surface area (TPSA) is 21.3 Å². The van der Waals surface area contributed by atoms with Crippen molar-refractivity contribution in [2.24, 2.45) is 0 Å². The third kappa shape index (κ3) is 2.04. The van der Waals surface area contributed by atoms with Crippen LogP contribution in [-0.4, -0.2) is 13.2 Å². The summed E-state index contributed by atoms with van der Waals surface area (Å²) in [7, 11) is 0. The predicted octanol–water partition coefficient (Wildman–Crippen LogP) is 3.38. The van der Waals surface area contributed by atoms with Crippen LogP contribution in [0, 0.1) is 0 Å². The third-order valence-corrected chi connectivity index (χ3v) is 4.04. The van der Waals surface area contributed by atoms with Crippen molar-refractivity contribution in [1.82, 2.24) is 5.32 Å². The van der Waals surface area contributed by atoms with Crippen molar-refractivity contribution in [3.8, 4) is 5.75 Å². The van der Waals surface area contributed by atoms with Crippen LogP contribution in [0.15, 0.2) is 35.0 Å². The molecule has 1 unspecified atom stereocenters. The zero-order valence-electron chi connectivity index (χ0n) is 10.5. The first-order valence-electron chi connectivity index (χ1n) is 6.40. The van der Waals surface area contributed by atoms with Gasteiger partial charge in [-0.2, -0.15) is 11.3 Å². The highest BCUT2D eigenvalue weighted by molar-refractivity contribution is 7.08. The van der Waals surface area contributed by atoms with Crippen LogP contribution in [0.1, 0.15) is 29.7 Å². The molecular weight excluding hydrogens is 242 g/mol. The smallest absolute Gasteiger partial charge is 0.127 e. The van der Waals surface area contributed by atoms with Gasteiger partial charge in [-0.3, -0.25) is 0 Å². The quantitative estimate of drug-likeness (QED) is 0.909. The van der Waals surface area contributed by atoms with E-state index in [0.29, 0.717) is 0 Å². The summed E-state index contributed by atoms with van der Waals surface area (Å²) < 4.78 is 5.82. The summed E-state index contributed by atoms with van der Waals surface area (Å²) in [6, 6.07) is 8.91. The second-order valence-electron chi connectivity index (χ2n) is 4.48. The van der Waals surface area contributed by atoms with Crippen LogP contribution in [0.5, 0.6) is 5.75 Å². The van der Waals surface area contributed by atoms with E-state index in [1.165, 1.54) is 16.7 Å². The van der Waals surface area contributed by atoms with Crippen LogP contribution in [0.2, 0.25) is 0 Å². The van der Waals surface area contributed by atoms with Crippen molar-refractivity contribution in [3.63, 3.8) is 0 Å². The van der Waals surface area contributed by atoms with Crippen LogP contribution in [-0.2, 0) is 6.42 Å². The van der Waals surface area contributed by atoms with Crippen molar-refractivity contribution in [1.29, 1.82) is 0 Å². The molecule has 3 heteroatoms. The average Bonchev–Trinajstić information content (AvgIpc) is 3.06. The van der Waals surface area contributed by atoms with Crippen LogP contribution in [0.4, 0.5) is 0 Å². The molecule has 0 saturated heterocycles. The van der Waals surface area contributed by atoms with Gasteiger partial charge in [0.25, 0.3) is 0 Å². The molecule has 1 aliphatic rings. The molecule has 2 nitrogen and oxygen atoms in total. The Morgan fingerprint density at radius 3 is 3.11 bits per heavy atom. The lowest BCUT2D eigenvalue weighted by Crippen LogP contribution is -2.22. The first-order valence-corrected chi connectivity index (χ1v) is 7.34. The maximum atomic E-state index is 5.82. The normalized spacial score (nSPS) is 15.2. The Balaban J connectivity index is 2.03. The van der Waals surface area contributed by atoms with Gasteiger partial charge in [-0.15, -0.1) is 0 Å². The molecule has 0 saturated carbocycles. The first kappa shape index (κ1) is 11.8. The van der Waals surface area contributed by atoms with E-state index < -0.39 is 0 Å². The number of nitrogens with one attached hydrogen (secondary N) is 1. The van der Waals surface area contributed by atoms with Gasteiger partial charge in [0.05, 0.1) is 12.6 Å². The van der Waals surface area contributed by atoms with Crippen LogP contribution in [0.25, 0.3) is 0 Å².